The van der Waals surface area contributed by atoms with Crippen molar-refractivity contribution in [2.24, 2.45) is 11.8 Å². The van der Waals surface area contributed by atoms with E-state index in [0.29, 0.717) is 18.1 Å². The van der Waals surface area contributed by atoms with Gasteiger partial charge < -0.3 is 19.3 Å². The van der Waals surface area contributed by atoms with Crippen molar-refractivity contribution in [2.45, 2.75) is 30.8 Å². The minimum Gasteiger partial charge on any atom is -0.497 e. The molecule has 0 radical (unpaired) electrons. The molecule has 11 heteroatoms. The van der Waals surface area contributed by atoms with Crippen molar-refractivity contribution < 1.29 is 32.7 Å². The maximum atomic E-state index is 14.0. The van der Waals surface area contributed by atoms with Gasteiger partial charge in [-0.1, -0.05) is 24.3 Å². The summed E-state index contributed by atoms with van der Waals surface area (Å²) >= 11 is 0. The van der Waals surface area contributed by atoms with E-state index in [0.717, 1.165) is 30.0 Å². The summed E-state index contributed by atoms with van der Waals surface area (Å²) in [4.78, 5) is 10.8. The van der Waals surface area contributed by atoms with Gasteiger partial charge in [0, 0.05) is 31.8 Å². The SMILES string of the molecule is COc1ccc(CN(Cc2ccc(OC)cc2)S(=O)(=O)c2cc(OCC3CC(CO)C3)cc([N+](=O)[O-])c2)cc1. The molecule has 0 amide bonds. The average molecular weight is 557 g/mol. The lowest BCUT2D eigenvalue weighted by Gasteiger charge is -2.33. The molecule has 0 bridgehead atoms. The molecular formula is C28H32N2O8S. The predicted octanol–water partition coefficient (Wildman–Crippen LogP) is 4.40. The van der Waals surface area contributed by atoms with Crippen molar-refractivity contribution in [2.75, 3.05) is 27.4 Å². The van der Waals surface area contributed by atoms with E-state index >= 15 is 0 Å². The molecule has 0 atom stereocenters. The number of hydrogen-bond donors (Lipinski definition) is 1. The van der Waals surface area contributed by atoms with E-state index in [1.807, 2.05) is 0 Å². The number of nitro benzene ring substituents is 1. The summed E-state index contributed by atoms with van der Waals surface area (Å²) in [5, 5.41) is 20.9. The number of nitro groups is 1. The van der Waals surface area contributed by atoms with Crippen molar-refractivity contribution >= 4 is 15.7 Å². The molecule has 0 saturated heterocycles. The number of sulfonamides is 1. The minimum atomic E-state index is -4.20. The smallest absolute Gasteiger partial charge is 0.274 e. The molecule has 10 nitrogen and oxygen atoms in total. The molecule has 1 aliphatic rings. The molecule has 39 heavy (non-hydrogen) atoms. The average Bonchev–Trinajstić information content (AvgIpc) is 2.92. The number of aliphatic hydroxyl groups excluding tert-OH is 1. The predicted molar refractivity (Wildman–Crippen MR) is 144 cm³/mol. The highest BCUT2D eigenvalue weighted by atomic mass is 32.2. The Morgan fingerprint density at radius 1 is 0.872 bits per heavy atom. The van der Waals surface area contributed by atoms with E-state index < -0.39 is 14.9 Å². The Bertz CT molecular complexity index is 1320. The normalized spacial score (nSPS) is 16.9. The van der Waals surface area contributed by atoms with Gasteiger partial charge in [0.15, 0.2) is 0 Å². The molecule has 1 aliphatic carbocycles. The third kappa shape index (κ3) is 7.05. The lowest BCUT2D eigenvalue weighted by Crippen LogP contribution is -2.31. The van der Waals surface area contributed by atoms with Crippen molar-refractivity contribution in [3.8, 4) is 17.2 Å². The first-order chi connectivity index (χ1) is 18.7. The second kappa shape index (κ2) is 12.5. The maximum absolute atomic E-state index is 14.0. The first kappa shape index (κ1) is 28.3. The van der Waals surface area contributed by atoms with Crippen LogP contribution in [0.25, 0.3) is 0 Å². The third-order valence-electron chi connectivity index (χ3n) is 6.83. The highest BCUT2D eigenvalue weighted by Gasteiger charge is 2.30. The fraction of sp³-hybridized carbons (Fsp3) is 0.357. The van der Waals surface area contributed by atoms with Crippen LogP contribution < -0.4 is 14.2 Å². The van der Waals surface area contributed by atoms with Crippen LogP contribution >= 0.6 is 0 Å². The second-order valence-electron chi connectivity index (χ2n) is 9.59. The Morgan fingerprint density at radius 2 is 1.41 bits per heavy atom. The molecule has 0 unspecified atom stereocenters. The fourth-order valence-electron chi connectivity index (χ4n) is 4.51. The van der Waals surface area contributed by atoms with Crippen LogP contribution in [0.3, 0.4) is 0 Å². The Morgan fingerprint density at radius 3 is 1.87 bits per heavy atom. The highest BCUT2D eigenvalue weighted by Crippen LogP contribution is 2.35. The van der Waals surface area contributed by atoms with Crippen LogP contribution in [0.4, 0.5) is 5.69 Å². The van der Waals surface area contributed by atoms with E-state index in [-0.39, 0.29) is 47.9 Å². The van der Waals surface area contributed by atoms with E-state index in [9.17, 15) is 23.6 Å². The lowest BCUT2D eigenvalue weighted by atomic mass is 9.76. The molecule has 1 fully saturated rings. The van der Waals surface area contributed by atoms with Gasteiger partial charge in [-0.25, -0.2) is 8.42 Å². The van der Waals surface area contributed by atoms with Gasteiger partial charge in [0.25, 0.3) is 5.69 Å². The minimum absolute atomic E-state index is 0.0296. The van der Waals surface area contributed by atoms with Gasteiger partial charge in [-0.3, -0.25) is 10.1 Å². The largest absolute Gasteiger partial charge is 0.497 e. The highest BCUT2D eigenvalue weighted by molar-refractivity contribution is 7.89. The van der Waals surface area contributed by atoms with Gasteiger partial charge in [-0.15, -0.1) is 0 Å². The molecule has 1 N–H and O–H groups in total. The molecule has 4 rings (SSSR count). The van der Waals surface area contributed by atoms with Crippen LogP contribution in [-0.4, -0.2) is 50.2 Å². The van der Waals surface area contributed by atoms with Gasteiger partial charge in [0.1, 0.15) is 17.2 Å². The number of aliphatic hydroxyl groups is 1. The molecular weight excluding hydrogens is 524 g/mol. The number of benzene rings is 3. The zero-order valence-corrected chi connectivity index (χ0v) is 22.7. The zero-order valence-electron chi connectivity index (χ0n) is 21.9. The van der Waals surface area contributed by atoms with Gasteiger partial charge in [0.2, 0.25) is 10.0 Å². The first-order valence-corrected chi connectivity index (χ1v) is 13.9. The number of ether oxygens (including phenoxy) is 3. The van der Waals surface area contributed by atoms with Crippen LogP contribution in [0, 0.1) is 22.0 Å². The number of methoxy groups -OCH3 is 2. The second-order valence-corrected chi connectivity index (χ2v) is 11.5. The summed E-state index contributed by atoms with van der Waals surface area (Å²) in [5.41, 5.74) is 1.07. The van der Waals surface area contributed by atoms with Crippen molar-refractivity contribution in [1.29, 1.82) is 0 Å². The van der Waals surface area contributed by atoms with Crippen LogP contribution in [0.5, 0.6) is 17.2 Å². The van der Waals surface area contributed by atoms with Crippen molar-refractivity contribution in [3.05, 3.63) is 88.0 Å². The Kier molecular flexibility index (Phi) is 9.05. The van der Waals surface area contributed by atoms with Crippen LogP contribution in [0.2, 0.25) is 0 Å². The topological polar surface area (TPSA) is 128 Å². The fourth-order valence-corrected chi connectivity index (χ4v) is 5.98. The molecule has 0 heterocycles. The Labute approximate surface area is 227 Å². The monoisotopic (exact) mass is 556 g/mol. The Balaban J connectivity index is 1.65. The summed E-state index contributed by atoms with van der Waals surface area (Å²) in [7, 11) is -1.10. The zero-order chi connectivity index (χ0) is 28.0. The quantitative estimate of drug-likeness (QED) is 0.242. The summed E-state index contributed by atoms with van der Waals surface area (Å²) in [6.45, 7) is 0.468. The van der Waals surface area contributed by atoms with Crippen LogP contribution in [0.15, 0.2) is 71.6 Å². The summed E-state index contributed by atoms with van der Waals surface area (Å²) in [6, 6.07) is 17.7. The standard InChI is InChI=1S/C28H32N2O8S/c1-36-25-7-3-20(4-8-25)16-29(17-21-5-9-26(37-2)10-6-21)39(34,35)28-14-24(30(32)33)13-27(15-28)38-19-23-11-22(12-23)18-31/h3-10,13-15,22-23,31H,11-12,16-19H2,1-2H3. The molecule has 1 saturated carbocycles. The number of nitrogens with zero attached hydrogens (tertiary/aromatic N) is 2. The van der Waals surface area contributed by atoms with Crippen LogP contribution in [-0.2, 0) is 23.1 Å². The Hall–Kier alpha value is -3.67. The third-order valence-corrected chi connectivity index (χ3v) is 8.60. The number of rotatable bonds is 13. The van der Waals surface area contributed by atoms with Gasteiger partial charge >= 0.3 is 0 Å². The molecule has 208 valence electrons. The van der Waals surface area contributed by atoms with E-state index in [1.54, 1.807) is 62.8 Å². The summed E-state index contributed by atoms with van der Waals surface area (Å²) in [6.07, 6.45) is 1.60. The van der Waals surface area contributed by atoms with Gasteiger partial charge in [-0.05, 0) is 60.1 Å². The van der Waals surface area contributed by atoms with Crippen LogP contribution in [0.1, 0.15) is 24.0 Å². The molecule has 3 aromatic carbocycles. The maximum Gasteiger partial charge on any atom is 0.274 e. The van der Waals surface area contributed by atoms with Crippen molar-refractivity contribution in [3.63, 3.8) is 0 Å². The van der Waals surface area contributed by atoms with E-state index in [1.165, 1.54) is 16.4 Å². The number of non-ortho nitro benzene ring substituents is 1. The van der Waals surface area contributed by atoms with Gasteiger partial charge in [0.05, 0.1) is 36.7 Å². The lowest BCUT2D eigenvalue weighted by molar-refractivity contribution is -0.385. The molecule has 0 spiro atoms. The molecule has 0 aromatic heterocycles. The van der Waals surface area contributed by atoms with Gasteiger partial charge in [-0.2, -0.15) is 4.31 Å². The summed E-state index contributed by atoms with van der Waals surface area (Å²) < 4.78 is 45.4. The van der Waals surface area contributed by atoms with E-state index in [4.69, 9.17) is 14.2 Å². The number of hydrogen-bond acceptors (Lipinski definition) is 8. The van der Waals surface area contributed by atoms with E-state index in [2.05, 4.69) is 0 Å². The molecule has 0 aliphatic heterocycles. The van der Waals surface area contributed by atoms with Crippen molar-refractivity contribution in [1.82, 2.24) is 4.31 Å². The molecule has 3 aromatic rings. The summed E-state index contributed by atoms with van der Waals surface area (Å²) in [5.74, 6) is 1.84. The first-order valence-electron chi connectivity index (χ1n) is 12.5.